The molecule has 0 spiro atoms. The van der Waals surface area contributed by atoms with Crippen LogP contribution in [0.25, 0.3) is 0 Å². The smallest absolute Gasteiger partial charge is 0.161 e. The van der Waals surface area contributed by atoms with Crippen LogP contribution in [-0.2, 0) is 0 Å². The summed E-state index contributed by atoms with van der Waals surface area (Å²) in [6.07, 6.45) is 5.95. The number of aldehydes is 1. The average molecular weight is 181 g/mol. The first-order valence-corrected chi connectivity index (χ1v) is 5.18. The highest BCUT2D eigenvalue weighted by atomic mass is 32.1. The Morgan fingerprint density at radius 3 is 2.92 bits per heavy atom. The summed E-state index contributed by atoms with van der Waals surface area (Å²) in [6.45, 7) is 0. The van der Waals surface area contributed by atoms with E-state index in [-0.39, 0.29) is 0 Å². The van der Waals surface area contributed by atoms with E-state index in [0.29, 0.717) is 5.92 Å². The van der Waals surface area contributed by atoms with E-state index in [1.165, 1.54) is 37.0 Å². The summed E-state index contributed by atoms with van der Waals surface area (Å²) < 4.78 is 0. The molecule has 1 fully saturated rings. The van der Waals surface area contributed by atoms with Gasteiger partial charge in [0.05, 0.1) is 16.1 Å². The summed E-state index contributed by atoms with van der Waals surface area (Å²) in [7, 11) is 0. The minimum absolute atomic E-state index is 0.566. The van der Waals surface area contributed by atoms with Crippen molar-refractivity contribution in [1.82, 2.24) is 4.98 Å². The molecule has 0 radical (unpaired) electrons. The monoisotopic (exact) mass is 181 g/mol. The molecule has 0 unspecified atom stereocenters. The van der Waals surface area contributed by atoms with Gasteiger partial charge in [-0.2, -0.15) is 0 Å². The molecule has 3 heteroatoms. The molecule has 1 aromatic heterocycles. The fraction of sp³-hybridized carbons (Fsp3) is 0.556. The molecule has 0 amide bonds. The molecule has 0 aliphatic heterocycles. The first-order valence-electron chi connectivity index (χ1n) is 4.30. The topological polar surface area (TPSA) is 30.0 Å². The van der Waals surface area contributed by atoms with Crippen LogP contribution in [0.4, 0.5) is 0 Å². The van der Waals surface area contributed by atoms with Crippen LogP contribution in [0.2, 0.25) is 0 Å². The maximum absolute atomic E-state index is 10.6. The van der Waals surface area contributed by atoms with E-state index in [1.807, 2.05) is 0 Å². The molecule has 0 N–H and O–H groups in total. The first kappa shape index (κ1) is 7.92. The zero-order valence-electron chi connectivity index (χ0n) is 6.82. The molecule has 1 aliphatic rings. The van der Waals surface area contributed by atoms with Gasteiger partial charge in [0, 0.05) is 5.92 Å². The molecule has 0 bridgehead atoms. The largest absolute Gasteiger partial charge is 0.297 e. The van der Waals surface area contributed by atoms with E-state index in [9.17, 15) is 4.79 Å². The van der Waals surface area contributed by atoms with Crippen molar-refractivity contribution in [2.24, 2.45) is 0 Å². The van der Waals surface area contributed by atoms with Gasteiger partial charge < -0.3 is 0 Å². The minimum atomic E-state index is 0.566. The second kappa shape index (κ2) is 3.35. The Morgan fingerprint density at radius 2 is 2.25 bits per heavy atom. The van der Waals surface area contributed by atoms with Crippen LogP contribution >= 0.6 is 11.3 Å². The van der Waals surface area contributed by atoms with E-state index < -0.39 is 0 Å². The quantitative estimate of drug-likeness (QED) is 0.656. The molecule has 1 aliphatic carbocycles. The number of thiazole rings is 1. The molecule has 0 atom stereocenters. The van der Waals surface area contributed by atoms with Crippen LogP contribution in [0.5, 0.6) is 0 Å². The molecule has 12 heavy (non-hydrogen) atoms. The lowest BCUT2D eigenvalue weighted by Gasteiger charge is -2.04. The number of aromatic nitrogens is 1. The summed E-state index contributed by atoms with van der Waals surface area (Å²) >= 11 is 1.46. The predicted molar refractivity (Wildman–Crippen MR) is 48.7 cm³/mol. The van der Waals surface area contributed by atoms with Crippen LogP contribution in [0, 0.1) is 0 Å². The van der Waals surface area contributed by atoms with Gasteiger partial charge in [-0.1, -0.05) is 12.8 Å². The van der Waals surface area contributed by atoms with E-state index in [1.54, 1.807) is 5.51 Å². The SMILES string of the molecule is O=Cc1scnc1C1CCCC1. The first-order chi connectivity index (χ1) is 5.92. The van der Waals surface area contributed by atoms with Gasteiger partial charge in [0.25, 0.3) is 0 Å². The Morgan fingerprint density at radius 1 is 1.50 bits per heavy atom. The lowest BCUT2D eigenvalue weighted by Crippen LogP contribution is -1.95. The Bertz CT molecular complexity index is 276. The van der Waals surface area contributed by atoms with Gasteiger partial charge in [0.2, 0.25) is 0 Å². The standard InChI is InChI=1S/C9H11NOS/c11-5-8-9(10-6-12-8)7-3-1-2-4-7/h5-7H,1-4H2. The Labute approximate surface area is 75.6 Å². The lowest BCUT2D eigenvalue weighted by atomic mass is 10.0. The highest BCUT2D eigenvalue weighted by Crippen LogP contribution is 2.35. The average Bonchev–Trinajstić information content (AvgIpc) is 2.74. The molecule has 1 saturated carbocycles. The van der Waals surface area contributed by atoms with Crippen molar-refractivity contribution >= 4 is 17.6 Å². The van der Waals surface area contributed by atoms with Gasteiger partial charge in [-0.3, -0.25) is 4.79 Å². The van der Waals surface area contributed by atoms with Crippen molar-refractivity contribution in [2.45, 2.75) is 31.6 Å². The molecule has 2 rings (SSSR count). The predicted octanol–water partition coefficient (Wildman–Crippen LogP) is 2.61. The molecule has 64 valence electrons. The van der Waals surface area contributed by atoms with E-state index in [0.717, 1.165) is 16.9 Å². The van der Waals surface area contributed by atoms with Crippen LogP contribution < -0.4 is 0 Å². The number of hydrogen-bond donors (Lipinski definition) is 0. The van der Waals surface area contributed by atoms with E-state index >= 15 is 0 Å². The van der Waals surface area contributed by atoms with Crippen molar-refractivity contribution in [3.63, 3.8) is 0 Å². The normalized spacial score (nSPS) is 18.3. The maximum Gasteiger partial charge on any atom is 0.161 e. The van der Waals surface area contributed by atoms with Crippen LogP contribution in [0.3, 0.4) is 0 Å². The third-order valence-corrected chi connectivity index (χ3v) is 3.24. The summed E-state index contributed by atoms with van der Waals surface area (Å²) in [5.41, 5.74) is 2.82. The van der Waals surface area contributed by atoms with Crippen molar-refractivity contribution in [2.75, 3.05) is 0 Å². The Kier molecular flexibility index (Phi) is 2.21. The molecular formula is C9H11NOS. The van der Waals surface area contributed by atoms with E-state index in [2.05, 4.69) is 4.98 Å². The van der Waals surface area contributed by atoms with Gasteiger partial charge in [0.1, 0.15) is 0 Å². The molecule has 1 heterocycles. The number of hydrogen-bond acceptors (Lipinski definition) is 3. The summed E-state index contributed by atoms with van der Waals surface area (Å²) in [5.74, 6) is 0.566. The highest BCUT2D eigenvalue weighted by Gasteiger charge is 2.21. The Hall–Kier alpha value is -0.700. The summed E-state index contributed by atoms with van der Waals surface area (Å²) in [4.78, 5) is 15.7. The third kappa shape index (κ3) is 1.29. The molecule has 0 saturated heterocycles. The minimum Gasteiger partial charge on any atom is -0.297 e. The van der Waals surface area contributed by atoms with Gasteiger partial charge in [0.15, 0.2) is 6.29 Å². The zero-order valence-corrected chi connectivity index (χ0v) is 7.64. The van der Waals surface area contributed by atoms with Gasteiger partial charge in [-0.15, -0.1) is 11.3 Å². The number of carbonyl (C=O) groups is 1. The summed E-state index contributed by atoms with van der Waals surface area (Å²) in [5, 5.41) is 0. The molecule has 0 aromatic carbocycles. The highest BCUT2D eigenvalue weighted by molar-refractivity contribution is 7.11. The second-order valence-corrected chi connectivity index (χ2v) is 4.09. The van der Waals surface area contributed by atoms with Crippen LogP contribution in [0.1, 0.15) is 47.0 Å². The number of nitrogens with zero attached hydrogens (tertiary/aromatic N) is 1. The lowest BCUT2D eigenvalue weighted by molar-refractivity contribution is 0.112. The van der Waals surface area contributed by atoms with Crippen LogP contribution in [-0.4, -0.2) is 11.3 Å². The maximum atomic E-state index is 10.6. The third-order valence-electron chi connectivity index (χ3n) is 2.47. The fourth-order valence-electron chi connectivity index (χ4n) is 1.86. The van der Waals surface area contributed by atoms with E-state index in [4.69, 9.17) is 0 Å². The van der Waals surface area contributed by atoms with Gasteiger partial charge in [-0.25, -0.2) is 4.98 Å². The second-order valence-electron chi connectivity index (χ2n) is 3.20. The molecular weight excluding hydrogens is 170 g/mol. The number of rotatable bonds is 2. The van der Waals surface area contributed by atoms with Crippen molar-refractivity contribution in [1.29, 1.82) is 0 Å². The van der Waals surface area contributed by atoms with Crippen molar-refractivity contribution in [3.8, 4) is 0 Å². The number of carbonyl (C=O) groups excluding carboxylic acids is 1. The molecule has 2 nitrogen and oxygen atoms in total. The summed E-state index contributed by atoms with van der Waals surface area (Å²) in [6, 6.07) is 0. The fourth-order valence-corrected chi connectivity index (χ4v) is 2.53. The van der Waals surface area contributed by atoms with Crippen molar-refractivity contribution in [3.05, 3.63) is 16.1 Å². The zero-order chi connectivity index (χ0) is 8.39. The van der Waals surface area contributed by atoms with Gasteiger partial charge >= 0.3 is 0 Å². The van der Waals surface area contributed by atoms with Crippen LogP contribution in [0.15, 0.2) is 5.51 Å². The molecule has 1 aromatic rings. The Balaban J connectivity index is 2.25. The van der Waals surface area contributed by atoms with Gasteiger partial charge in [-0.05, 0) is 12.8 Å². The van der Waals surface area contributed by atoms with Crippen molar-refractivity contribution < 1.29 is 4.79 Å².